The van der Waals surface area contributed by atoms with E-state index in [0.717, 1.165) is 6.07 Å². The van der Waals surface area contributed by atoms with Crippen molar-refractivity contribution < 1.29 is 22.9 Å². The van der Waals surface area contributed by atoms with E-state index >= 15 is 0 Å². The summed E-state index contributed by atoms with van der Waals surface area (Å²) in [6.45, 7) is 1.19. The molecule has 0 amide bonds. The number of thioether (sulfide) groups is 1. The lowest BCUT2D eigenvalue weighted by Crippen LogP contribution is -2.07. The molecule has 0 N–H and O–H groups in total. The number of hydrogen-bond donors (Lipinski definition) is 0. The zero-order chi connectivity index (χ0) is 14.8. The summed E-state index contributed by atoms with van der Waals surface area (Å²) in [5, 5.41) is 10.9. The van der Waals surface area contributed by atoms with Gasteiger partial charge in [0, 0.05) is 0 Å². The van der Waals surface area contributed by atoms with E-state index in [4.69, 9.17) is 0 Å². The van der Waals surface area contributed by atoms with Gasteiger partial charge in [-0.1, -0.05) is 28.1 Å². The van der Waals surface area contributed by atoms with Crippen molar-refractivity contribution in [1.82, 2.24) is 0 Å². The molecule has 0 aliphatic heterocycles. The molecule has 0 fully saturated rings. The quantitative estimate of drug-likeness (QED) is 0.350. The van der Waals surface area contributed by atoms with Crippen molar-refractivity contribution in [2.45, 2.75) is 22.2 Å². The molecule has 1 rings (SSSR count). The summed E-state index contributed by atoms with van der Waals surface area (Å²) in [6.07, 6.45) is 0. The molecule has 1 aromatic rings. The molecule has 0 heterocycles. The fourth-order valence-corrected chi connectivity index (χ4v) is 2.42. The van der Waals surface area contributed by atoms with E-state index in [1.165, 1.54) is 19.1 Å². The molecule has 1 aromatic carbocycles. The topological polar surface area (TPSA) is 60.2 Å². The molecular weight excluding hydrogens is 351 g/mol. The molecule has 104 valence electrons. The molecule has 0 aliphatic rings. The first kappa shape index (κ1) is 16.0. The van der Waals surface area contributed by atoms with Gasteiger partial charge in [-0.2, -0.15) is 13.2 Å². The first-order valence-electron chi connectivity index (χ1n) is 4.81. The van der Waals surface area contributed by atoms with Crippen LogP contribution in [0.15, 0.2) is 23.1 Å². The number of nitro benzene ring substituents is 1. The smallest absolute Gasteiger partial charge is 0.298 e. The van der Waals surface area contributed by atoms with Crippen LogP contribution < -0.4 is 0 Å². The lowest BCUT2D eigenvalue weighted by molar-refractivity contribution is -0.388. The number of Topliss-reactive ketones (excluding diaryl/α,β-unsaturated/α-hetero) is 1. The van der Waals surface area contributed by atoms with Crippen molar-refractivity contribution in [1.29, 1.82) is 0 Å². The second kappa shape index (κ2) is 5.91. The average molecular weight is 358 g/mol. The summed E-state index contributed by atoms with van der Waals surface area (Å²) in [5.74, 6) is -0.433. The number of benzene rings is 1. The maximum Gasteiger partial charge on any atom is 0.446 e. The van der Waals surface area contributed by atoms with Crippen LogP contribution in [0.3, 0.4) is 0 Å². The van der Waals surface area contributed by atoms with Gasteiger partial charge in [-0.15, -0.1) is 0 Å². The van der Waals surface area contributed by atoms with Crippen LogP contribution >= 0.6 is 27.7 Å². The van der Waals surface area contributed by atoms with Crippen molar-refractivity contribution in [3.05, 3.63) is 33.9 Å². The largest absolute Gasteiger partial charge is 0.446 e. The fourth-order valence-electron chi connectivity index (χ4n) is 1.37. The maximum absolute atomic E-state index is 12.3. The fraction of sp³-hybridized carbons (Fsp3) is 0.300. The zero-order valence-electron chi connectivity index (χ0n) is 9.40. The van der Waals surface area contributed by atoms with E-state index in [1.807, 2.05) is 0 Å². The highest BCUT2D eigenvalue weighted by atomic mass is 79.9. The van der Waals surface area contributed by atoms with Gasteiger partial charge < -0.3 is 0 Å². The van der Waals surface area contributed by atoms with Crippen LogP contribution in [0.1, 0.15) is 17.3 Å². The number of para-hydroxylation sites is 1. The van der Waals surface area contributed by atoms with E-state index in [2.05, 4.69) is 15.9 Å². The minimum atomic E-state index is -4.64. The summed E-state index contributed by atoms with van der Waals surface area (Å²) >= 11 is 2.36. The van der Waals surface area contributed by atoms with Crippen LogP contribution in [0.5, 0.6) is 0 Å². The highest BCUT2D eigenvalue weighted by Crippen LogP contribution is 2.44. The van der Waals surface area contributed by atoms with Gasteiger partial charge in [0.1, 0.15) is 10.6 Å². The van der Waals surface area contributed by atoms with Gasteiger partial charge in [0.05, 0.1) is 15.4 Å². The standard InChI is InChI=1S/C10H7BrF3NO3S/c1-5(16)8(11)6-3-2-4-7(9(6)15(17)18)19-10(12,13)14/h2-4,8H,1H3. The minimum absolute atomic E-state index is 0.0910. The molecule has 0 aromatic heterocycles. The van der Waals surface area contributed by atoms with Crippen molar-refractivity contribution in [3.8, 4) is 0 Å². The Morgan fingerprint density at radius 2 is 2.05 bits per heavy atom. The Bertz CT molecular complexity index is 521. The molecule has 1 atom stereocenters. The number of rotatable bonds is 4. The number of alkyl halides is 4. The zero-order valence-corrected chi connectivity index (χ0v) is 11.8. The predicted octanol–water partition coefficient (Wildman–Crippen LogP) is 4.23. The number of ketones is 1. The second-order valence-corrected chi connectivity index (χ2v) is 5.49. The van der Waals surface area contributed by atoms with Crippen LogP contribution in [0.2, 0.25) is 0 Å². The van der Waals surface area contributed by atoms with E-state index in [9.17, 15) is 28.1 Å². The van der Waals surface area contributed by atoms with Gasteiger partial charge >= 0.3 is 5.51 Å². The molecule has 0 saturated carbocycles. The van der Waals surface area contributed by atoms with Gasteiger partial charge in [0.2, 0.25) is 0 Å². The van der Waals surface area contributed by atoms with Crippen molar-refractivity contribution in [2.75, 3.05) is 0 Å². The summed E-state index contributed by atoms with van der Waals surface area (Å²) in [7, 11) is 0. The monoisotopic (exact) mass is 357 g/mol. The Morgan fingerprint density at radius 1 is 1.47 bits per heavy atom. The Morgan fingerprint density at radius 3 is 2.47 bits per heavy atom. The first-order valence-corrected chi connectivity index (χ1v) is 6.54. The molecule has 19 heavy (non-hydrogen) atoms. The Balaban J connectivity index is 3.38. The van der Waals surface area contributed by atoms with Crippen LogP contribution in [0.4, 0.5) is 18.9 Å². The van der Waals surface area contributed by atoms with E-state index in [0.29, 0.717) is 0 Å². The van der Waals surface area contributed by atoms with Crippen molar-refractivity contribution >= 4 is 39.2 Å². The van der Waals surface area contributed by atoms with E-state index < -0.39 is 43.4 Å². The second-order valence-electron chi connectivity index (χ2n) is 3.47. The van der Waals surface area contributed by atoms with Gasteiger partial charge in [-0.3, -0.25) is 14.9 Å². The van der Waals surface area contributed by atoms with E-state index in [1.54, 1.807) is 0 Å². The van der Waals surface area contributed by atoms with Gasteiger partial charge in [-0.25, -0.2) is 0 Å². The van der Waals surface area contributed by atoms with Crippen LogP contribution in [-0.4, -0.2) is 16.2 Å². The summed E-state index contributed by atoms with van der Waals surface area (Å²) in [6, 6.07) is 3.49. The first-order chi connectivity index (χ1) is 8.63. The third kappa shape index (κ3) is 4.20. The third-order valence-electron chi connectivity index (χ3n) is 2.07. The Hall–Kier alpha value is -1.09. The highest BCUT2D eigenvalue weighted by Gasteiger charge is 2.35. The molecule has 4 nitrogen and oxygen atoms in total. The summed E-state index contributed by atoms with van der Waals surface area (Å²) in [4.78, 5) is 19.7. The number of hydrogen-bond acceptors (Lipinski definition) is 4. The Kier molecular flexibility index (Phi) is 4.97. The predicted molar refractivity (Wildman–Crippen MR) is 67.4 cm³/mol. The number of carbonyl (C=O) groups excluding carboxylic acids is 1. The molecule has 9 heteroatoms. The van der Waals surface area contributed by atoms with Gasteiger partial charge in [-0.05, 0) is 24.8 Å². The van der Waals surface area contributed by atoms with Crippen molar-refractivity contribution in [2.24, 2.45) is 0 Å². The van der Waals surface area contributed by atoms with Crippen molar-refractivity contribution in [3.63, 3.8) is 0 Å². The third-order valence-corrected chi connectivity index (χ3v) is 3.99. The van der Waals surface area contributed by atoms with E-state index in [-0.39, 0.29) is 5.56 Å². The molecule has 0 aliphatic carbocycles. The molecule has 0 bridgehead atoms. The summed E-state index contributed by atoms with van der Waals surface area (Å²) < 4.78 is 37.0. The number of halogens is 4. The molecule has 0 saturated heterocycles. The van der Waals surface area contributed by atoms with Crippen LogP contribution in [0.25, 0.3) is 0 Å². The molecule has 1 unspecified atom stereocenters. The van der Waals surface area contributed by atoms with Crippen LogP contribution in [0, 0.1) is 10.1 Å². The minimum Gasteiger partial charge on any atom is -0.298 e. The molecule has 0 spiro atoms. The number of nitro groups is 1. The molecular formula is C10H7BrF3NO3S. The summed E-state index contributed by atoms with van der Waals surface area (Å²) in [5.41, 5.74) is -5.44. The maximum atomic E-state index is 12.3. The number of carbonyl (C=O) groups is 1. The van der Waals surface area contributed by atoms with Gasteiger partial charge in [0.25, 0.3) is 5.69 Å². The Labute approximate surface area is 118 Å². The lowest BCUT2D eigenvalue weighted by atomic mass is 10.1. The average Bonchev–Trinajstić information content (AvgIpc) is 2.24. The molecule has 0 radical (unpaired) electrons. The van der Waals surface area contributed by atoms with Crippen LogP contribution in [-0.2, 0) is 4.79 Å². The lowest BCUT2D eigenvalue weighted by Gasteiger charge is -2.11. The van der Waals surface area contributed by atoms with Gasteiger partial charge in [0.15, 0.2) is 0 Å². The number of nitrogens with zero attached hydrogens (tertiary/aromatic N) is 1. The normalized spacial score (nSPS) is 13.1. The SMILES string of the molecule is CC(=O)C(Br)c1cccc(SC(F)(F)F)c1[N+](=O)[O-]. The highest BCUT2D eigenvalue weighted by molar-refractivity contribution is 9.09.